The Morgan fingerprint density at radius 3 is 2.17 bits per heavy atom. The van der Waals surface area contributed by atoms with E-state index in [9.17, 15) is 0 Å². The highest BCUT2D eigenvalue weighted by molar-refractivity contribution is 5.43. The van der Waals surface area contributed by atoms with E-state index >= 15 is 0 Å². The lowest BCUT2D eigenvalue weighted by atomic mass is 10.3. The van der Waals surface area contributed by atoms with Crippen molar-refractivity contribution in [2.75, 3.05) is 21.3 Å². The summed E-state index contributed by atoms with van der Waals surface area (Å²) in [6.45, 7) is 0. The van der Waals surface area contributed by atoms with Gasteiger partial charge in [-0.15, -0.1) is 0 Å². The molecule has 1 aromatic rings. The number of methoxy groups -OCH3 is 3. The molecule has 0 aromatic heterocycles. The fourth-order valence-corrected chi connectivity index (χ4v) is 0.807. The van der Waals surface area contributed by atoms with Crippen molar-refractivity contribution in [2.45, 2.75) is 0 Å². The molecule has 0 saturated heterocycles. The Morgan fingerprint density at radius 2 is 1.67 bits per heavy atom. The minimum Gasteiger partial charge on any atom is -0.496 e. The standard InChI is InChI=1S/C9H10O3/c1-10-7-4-5-8(11-2)9(6-7)12-3/h4H,1-3H3. The van der Waals surface area contributed by atoms with Crippen LogP contribution in [0.25, 0.3) is 0 Å². The van der Waals surface area contributed by atoms with E-state index in [0.29, 0.717) is 17.2 Å². The number of hydrogen-bond acceptors (Lipinski definition) is 3. The van der Waals surface area contributed by atoms with Crippen LogP contribution < -0.4 is 14.2 Å². The quantitative estimate of drug-likeness (QED) is 0.677. The van der Waals surface area contributed by atoms with Crippen LogP contribution in [0.2, 0.25) is 0 Å². The first-order valence-electron chi connectivity index (χ1n) is 3.41. The van der Waals surface area contributed by atoms with E-state index in [0.717, 1.165) is 0 Å². The Labute approximate surface area is 71.9 Å². The van der Waals surface area contributed by atoms with Gasteiger partial charge in [0.25, 0.3) is 0 Å². The number of benzene rings is 1. The maximum absolute atomic E-state index is 4.99. The minimum atomic E-state index is 0.497. The third kappa shape index (κ3) is 1.61. The molecule has 64 valence electrons. The summed E-state index contributed by atoms with van der Waals surface area (Å²) in [5.74, 6) is 1.60. The minimum absolute atomic E-state index is 0.497. The average Bonchev–Trinajstić information content (AvgIpc) is 2.16. The zero-order valence-electron chi connectivity index (χ0n) is 7.30. The van der Waals surface area contributed by atoms with Crippen molar-refractivity contribution in [1.82, 2.24) is 0 Å². The van der Waals surface area contributed by atoms with Gasteiger partial charge in [-0.05, 0) is 6.07 Å². The number of hydrogen-bond donors (Lipinski definition) is 0. The number of rotatable bonds is 3. The fraction of sp³-hybridized carbons (Fsp3) is 0.333. The molecule has 0 spiro atoms. The van der Waals surface area contributed by atoms with Gasteiger partial charge in [-0.3, -0.25) is 0 Å². The van der Waals surface area contributed by atoms with Crippen LogP contribution >= 0.6 is 0 Å². The van der Waals surface area contributed by atoms with Gasteiger partial charge in [-0.25, -0.2) is 0 Å². The van der Waals surface area contributed by atoms with Crippen molar-refractivity contribution in [3.63, 3.8) is 0 Å². The van der Waals surface area contributed by atoms with E-state index in [1.807, 2.05) is 0 Å². The summed E-state index contributed by atoms with van der Waals surface area (Å²) in [5.41, 5.74) is 0. The molecule has 1 aromatic carbocycles. The van der Waals surface area contributed by atoms with Gasteiger partial charge in [0.15, 0.2) is 11.5 Å². The van der Waals surface area contributed by atoms with Gasteiger partial charge >= 0.3 is 0 Å². The van der Waals surface area contributed by atoms with Crippen LogP contribution in [0, 0.1) is 12.1 Å². The molecule has 12 heavy (non-hydrogen) atoms. The number of ether oxygens (including phenoxy) is 3. The summed E-state index contributed by atoms with van der Waals surface area (Å²) in [4.78, 5) is 0. The van der Waals surface area contributed by atoms with Crippen LogP contribution in [-0.4, -0.2) is 21.3 Å². The lowest BCUT2D eigenvalue weighted by Crippen LogP contribution is -1.92. The van der Waals surface area contributed by atoms with Crippen LogP contribution in [0.3, 0.4) is 0 Å². The summed E-state index contributed by atoms with van der Waals surface area (Å²) in [5, 5.41) is 0. The highest BCUT2D eigenvalue weighted by Crippen LogP contribution is 2.28. The highest BCUT2D eigenvalue weighted by Gasteiger charge is 2.04. The van der Waals surface area contributed by atoms with Gasteiger partial charge in [0, 0.05) is 6.07 Å². The van der Waals surface area contributed by atoms with E-state index in [2.05, 4.69) is 12.1 Å². The summed E-state index contributed by atoms with van der Waals surface area (Å²) < 4.78 is 14.9. The lowest BCUT2D eigenvalue weighted by molar-refractivity contribution is 0.347. The topological polar surface area (TPSA) is 27.7 Å². The summed E-state index contributed by atoms with van der Waals surface area (Å²) >= 11 is 0. The maximum atomic E-state index is 4.99. The molecule has 0 unspecified atom stereocenters. The van der Waals surface area contributed by atoms with Crippen molar-refractivity contribution >= 4 is 0 Å². The summed E-state index contributed by atoms with van der Waals surface area (Å²) in [6.07, 6.45) is 0. The van der Waals surface area contributed by atoms with Crippen LogP contribution in [-0.2, 0) is 0 Å². The summed E-state index contributed by atoms with van der Waals surface area (Å²) in [6, 6.07) is 7.36. The van der Waals surface area contributed by atoms with Crippen LogP contribution in [0.1, 0.15) is 0 Å². The molecule has 0 heterocycles. The Morgan fingerprint density at radius 1 is 1.00 bits per heavy atom. The van der Waals surface area contributed by atoms with Crippen molar-refractivity contribution in [1.29, 1.82) is 0 Å². The van der Waals surface area contributed by atoms with Gasteiger partial charge < -0.3 is 14.2 Å². The smallest absolute Gasteiger partial charge is 0.173 e. The molecule has 1 rings (SSSR count). The highest BCUT2D eigenvalue weighted by atomic mass is 16.5. The Hall–Kier alpha value is -1.38. The van der Waals surface area contributed by atoms with Gasteiger partial charge in [0.05, 0.1) is 27.4 Å². The molecule has 2 radical (unpaired) electrons. The van der Waals surface area contributed by atoms with Crippen molar-refractivity contribution in [3.05, 3.63) is 18.2 Å². The second kappa shape index (κ2) is 3.85. The van der Waals surface area contributed by atoms with Gasteiger partial charge in [-0.1, -0.05) is 0 Å². The monoisotopic (exact) mass is 166 g/mol. The van der Waals surface area contributed by atoms with E-state index in [1.165, 1.54) is 0 Å². The molecule has 0 bridgehead atoms. The van der Waals surface area contributed by atoms with E-state index in [-0.39, 0.29) is 0 Å². The largest absolute Gasteiger partial charge is 0.496 e. The fourth-order valence-electron chi connectivity index (χ4n) is 0.807. The first-order chi connectivity index (χ1) is 5.81. The second-order valence-electron chi connectivity index (χ2n) is 2.05. The zero-order chi connectivity index (χ0) is 8.97. The second-order valence-corrected chi connectivity index (χ2v) is 2.05. The molecule has 0 aliphatic rings. The van der Waals surface area contributed by atoms with Gasteiger partial charge in [0.1, 0.15) is 5.75 Å². The van der Waals surface area contributed by atoms with E-state index < -0.39 is 0 Å². The van der Waals surface area contributed by atoms with Gasteiger partial charge in [-0.2, -0.15) is 0 Å². The molecule has 3 heteroatoms. The molecule has 0 aliphatic heterocycles. The third-order valence-corrected chi connectivity index (χ3v) is 1.41. The molecular formula is C9H10O3. The van der Waals surface area contributed by atoms with Crippen molar-refractivity contribution in [3.8, 4) is 17.2 Å². The first-order valence-corrected chi connectivity index (χ1v) is 3.41. The Bertz CT molecular complexity index is 258. The van der Waals surface area contributed by atoms with Crippen LogP contribution in [0.15, 0.2) is 6.07 Å². The Kier molecular flexibility index (Phi) is 2.80. The van der Waals surface area contributed by atoms with Crippen molar-refractivity contribution in [2.24, 2.45) is 0 Å². The molecule has 0 amide bonds. The molecule has 0 fully saturated rings. The Balaban J connectivity index is 3.02. The predicted octanol–water partition coefficient (Wildman–Crippen LogP) is 1.31. The van der Waals surface area contributed by atoms with Crippen LogP contribution in [0.5, 0.6) is 17.2 Å². The molecular weight excluding hydrogens is 156 g/mol. The van der Waals surface area contributed by atoms with Gasteiger partial charge in [0.2, 0.25) is 0 Å². The molecule has 0 saturated carbocycles. The average molecular weight is 166 g/mol. The zero-order valence-corrected chi connectivity index (χ0v) is 7.30. The lowest BCUT2D eigenvalue weighted by Gasteiger charge is -2.07. The third-order valence-electron chi connectivity index (χ3n) is 1.41. The van der Waals surface area contributed by atoms with E-state index in [1.54, 1.807) is 27.4 Å². The molecule has 0 N–H and O–H groups in total. The summed E-state index contributed by atoms with van der Waals surface area (Å²) in [7, 11) is 4.65. The SMILES string of the molecule is COc1[c]c(OC)c(OC)[c]c1. The molecule has 0 aliphatic carbocycles. The van der Waals surface area contributed by atoms with Crippen molar-refractivity contribution < 1.29 is 14.2 Å². The normalized spacial score (nSPS) is 9.25. The van der Waals surface area contributed by atoms with E-state index in [4.69, 9.17) is 14.2 Å². The predicted molar refractivity (Wildman–Crippen MR) is 43.8 cm³/mol. The molecule has 3 nitrogen and oxygen atoms in total. The van der Waals surface area contributed by atoms with Crippen LogP contribution in [0.4, 0.5) is 0 Å². The first kappa shape index (κ1) is 8.71. The maximum Gasteiger partial charge on any atom is 0.173 e. The molecule has 0 atom stereocenters.